The van der Waals surface area contributed by atoms with Gasteiger partial charge in [0.15, 0.2) is 5.82 Å². The summed E-state index contributed by atoms with van der Waals surface area (Å²) in [7, 11) is 3.22. The molecule has 0 saturated carbocycles. The summed E-state index contributed by atoms with van der Waals surface area (Å²) in [6.45, 7) is 5.45. The van der Waals surface area contributed by atoms with E-state index in [9.17, 15) is 9.59 Å². The second-order valence-electron chi connectivity index (χ2n) is 9.14. The van der Waals surface area contributed by atoms with Gasteiger partial charge in [0, 0.05) is 16.9 Å². The maximum Gasteiger partial charge on any atom is 0.258 e. The van der Waals surface area contributed by atoms with Crippen molar-refractivity contribution in [2.75, 3.05) is 24.9 Å². The summed E-state index contributed by atoms with van der Waals surface area (Å²) in [5.74, 6) is 1.23. The van der Waals surface area contributed by atoms with Crippen molar-refractivity contribution in [3.8, 4) is 22.6 Å². The van der Waals surface area contributed by atoms with Crippen LogP contribution in [0.2, 0.25) is 0 Å². The standard InChI is InChI=1S/C27H28N4O4/c1-27(2,3)26(33)28-22-9-7-6-8-21(22)25(32)29-24-20-11-10-16(14-23(20)30-31-24)17-12-18(34-4)15-19(13-17)35-5/h6-15H,1-5H3,(H,28,33)(H2,29,30,31,32). The summed E-state index contributed by atoms with van der Waals surface area (Å²) in [6.07, 6.45) is 0. The number of carbonyl (C=O) groups is 2. The van der Waals surface area contributed by atoms with E-state index in [1.54, 1.807) is 38.5 Å². The molecule has 3 aromatic carbocycles. The highest BCUT2D eigenvalue weighted by Crippen LogP contribution is 2.32. The van der Waals surface area contributed by atoms with Crippen molar-refractivity contribution < 1.29 is 19.1 Å². The van der Waals surface area contributed by atoms with Crippen LogP contribution in [-0.2, 0) is 4.79 Å². The number of para-hydroxylation sites is 1. The Bertz CT molecular complexity index is 1380. The van der Waals surface area contributed by atoms with E-state index in [1.807, 2.05) is 57.2 Å². The van der Waals surface area contributed by atoms with Gasteiger partial charge >= 0.3 is 0 Å². The molecule has 8 heteroatoms. The Hall–Kier alpha value is -4.33. The van der Waals surface area contributed by atoms with E-state index in [0.29, 0.717) is 28.6 Å². The Labute approximate surface area is 203 Å². The van der Waals surface area contributed by atoms with Crippen LogP contribution in [0.25, 0.3) is 22.0 Å². The van der Waals surface area contributed by atoms with Gasteiger partial charge in [-0.3, -0.25) is 14.7 Å². The molecule has 180 valence electrons. The molecule has 1 heterocycles. The van der Waals surface area contributed by atoms with Gasteiger partial charge < -0.3 is 20.1 Å². The maximum atomic E-state index is 13.1. The van der Waals surface area contributed by atoms with Crippen molar-refractivity contribution in [1.29, 1.82) is 0 Å². The first-order valence-corrected chi connectivity index (χ1v) is 11.1. The smallest absolute Gasteiger partial charge is 0.258 e. The fourth-order valence-corrected chi connectivity index (χ4v) is 3.54. The summed E-state index contributed by atoms with van der Waals surface area (Å²) in [5.41, 5.74) is 2.82. The third kappa shape index (κ3) is 5.11. The number of fused-ring (bicyclic) bond motifs is 1. The predicted octanol–water partition coefficient (Wildman–Crippen LogP) is 5.48. The Morgan fingerprint density at radius 3 is 2.20 bits per heavy atom. The third-order valence-corrected chi connectivity index (χ3v) is 5.58. The van der Waals surface area contributed by atoms with Gasteiger partial charge in [0.05, 0.1) is 31.0 Å². The summed E-state index contributed by atoms with van der Waals surface area (Å²) in [5, 5.41) is 13.7. The van der Waals surface area contributed by atoms with Gasteiger partial charge in [-0.1, -0.05) is 39.0 Å². The molecule has 0 fully saturated rings. The molecule has 0 aliphatic carbocycles. The Kier molecular flexibility index (Phi) is 6.46. The summed E-state index contributed by atoms with van der Waals surface area (Å²) < 4.78 is 10.7. The van der Waals surface area contributed by atoms with E-state index >= 15 is 0 Å². The zero-order valence-electron chi connectivity index (χ0n) is 20.4. The molecule has 4 rings (SSSR count). The number of benzene rings is 3. The van der Waals surface area contributed by atoms with Crippen LogP contribution in [0.1, 0.15) is 31.1 Å². The number of anilines is 2. The zero-order valence-corrected chi connectivity index (χ0v) is 20.4. The monoisotopic (exact) mass is 472 g/mol. The number of aromatic nitrogens is 2. The largest absolute Gasteiger partial charge is 0.497 e. The highest BCUT2D eigenvalue weighted by molar-refractivity contribution is 6.12. The van der Waals surface area contributed by atoms with Crippen molar-refractivity contribution in [1.82, 2.24) is 10.2 Å². The zero-order chi connectivity index (χ0) is 25.2. The van der Waals surface area contributed by atoms with E-state index < -0.39 is 5.41 Å². The number of rotatable bonds is 6. The molecule has 3 N–H and O–H groups in total. The fraction of sp³-hybridized carbons (Fsp3) is 0.222. The molecule has 0 aliphatic rings. The first kappa shape index (κ1) is 23.8. The van der Waals surface area contributed by atoms with Crippen LogP contribution in [0, 0.1) is 5.41 Å². The first-order chi connectivity index (χ1) is 16.7. The minimum absolute atomic E-state index is 0.176. The number of hydrogen-bond acceptors (Lipinski definition) is 5. The highest BCUT2D eigenvalue weighted by Gasteiger charge is 2.23. The van der Waals surface area contributed by atoms with E-state index in [1.165, 1.54) is 0 Å². The van der Waals surface area contributed by atoms with Gasteiger partial charge in [-0.15, -0.1) is 0 Å². The van der Waals surface area contributed by atoms with E-state index in [2.05, 4.69) is 20.8 Å². The number of ether oxygens (including phenoxy) is 2. The van der Waals surface area contributed by atoms with Gasteiger partial charge in [0.25, 0.3) is 5.91 Å². The summed E-state index contributed by atoms with van der Waals surface area (Å²) in [6, 6.07) is 18.3. The van der Waals surface area contributed by atoms with Gasteiger partial charge in [-0.25, -0.2) is 0 Å². The molecule has 0 unspecified atom stereocenters. The molecule has 4 aromatic rings. The van der Waals surface area contributed by atoms with Gasteiger partial charge in [0.1, 0.15) is 11.5 Å². The van der Waals surface area contributed by atoms with Crippen molar-refractivity contribution in [2.45, 2.75) is 20.8 Å². The molecule has 35 heavy (non-hydrogen) atoms. The minimum atomic E-state index is -0.591. The fourth-order valence-electron chi connectivity index (χ4n) is 3.54. The van der Waals surface area contributed by atoms with Crippen LogP contribution >= 0.6 is 0 Å². The van der Waals surface area contributed by atoms with E-state index in [4.69, 9.17) is 9.47 Å². The Morgan fingerprint density at radius 2 is 1.54 bits per heavy atom. The van der Waals surface area contributed by atoms with Gasteiger partial charge in [0.2, 0.25) is 5.91 Å². The van der Waals surface area contributed by atoms with Gasteiger partial charge in [-0.05, 0) is 47.5 Å². The van der Waals surface area contributed by atoms with Crippen LogP contribution in [-0.4, -0.2) is 36.2 Å². The normalized spacial score (nSPS) is 11.2. The molecule has 0 aliphatic heterocycles. The quantitative estimate of drug-likeness (QED) is 0.344. The predicted molar refractivity (Wildman–Crippen MR) is 137 cm³/mol. The van der Waals surface area contributed by atoms with Crippen LogP contribution in [0.15, 0.2) is 60.7 Å². The number of nitrogens with one attached hydrogen (secondary N) is 3. The van der Waals surface area contributed by atoms with Crippen LogP contribution < -0.4 is 20.1 Å². The topological polar surface area (TPSA) is 105 Å². The second kappa shape index (κ2) is 9.50. The van der Waals surface area contributed by atoms with E-state index in [-0.39, 0.29) is 11.8 Å². The van der Waals surface area contributed by atoms with Crippen molar-refractivity contribution in [2.24, 2.45) is 5.41 Å². The first-order valence-electron chi connectivity index (χ1n) is 11.1. The Morgan fingerprint density at radius 1 is 0.857 bits per heavy atom. The lowest BCUT2D eigenvalue weighted by Crippen LogP contribution is -2.28. The van der Waals surface area contributed by atoms with Crippen LogP contribution in [0.5, 0.6) is 11.5 Å². The second-order valence-corrected chi connectivity index (χ2v) is 9.14. The SMILES string of the molecule is COc1cc(OC)cc(-c2ccc3c(NC(=O)c4ccccc4NC(=O)C(C)(C)C)n[nH]c3c2)c1. The Balaban J connectivity index is 1.60. The molecular formula is C27H28N4O4. The number of nitrogens with zero attached hydrogens (tertiary/aromatic N) is 1. The third-order valence-electron chi connectivity index (χ3n) is 5.58. The highest BCUT2D eigenvalue weighted by atomic mass is 16.5. The molecule has 0 spiro atoms. The average Bonchev–Trinajstić information content (AvgIpc) is 3.25. The van der Waals surface area contributed by atoms with Crippen molar-refractivity contribution in [3.05, 3.63) is 66.2 Å². The molecule has 8 nitrogen and oxygen atoms in total. The molecule has 0 saturated heterocycles. The summed E-state index contributed by atoms with van der Waals surface area (Å²) >= 11 is 0. The lowest BCUT2D eigenvalue weighted by atomic mass is 9.95. The minimum Gasteiger partial charge on any atom is -0.497 e. The number of amides is 2. The average molecular weight is 473 g/mol. The molecular weight excluding hydrogens is 444 g/mol. The van der Waals surface area contributed by atoms with Crippen molar-refractivity contribution in [3.63, 3.8) is 0 Å². The number of hydrogen-bond donors (Lipinski definition) is 3. The lowest BCUT2D eigenvalue weighted by molar-refractivity contribution is -0.123. The maximum absolute atomic E-state index is 13.1. The molecule has 0 radical (unpaired) electrons. The molecule has 2 amide bonds. The molecule has 1 aromatic heterocycles. The van der Waals surface area contributed by atoms with Crippen LogP contribution in [0.4, 0.5) is 11.5 Å². The van der Waals surface area contributed by atoms with Gasteiger partial charge in [-0.2, -0.15) is 5.10 Å². The number of aromatic amines is 1. The molecule has 0 bridgehead atoms. The number of methoxy groups -OCH3 is 2. The number of H-pyrrole nitrogens is 1. The van der Waals surface area contributed by atoms with Crippen molar-refractivity contribution >= 4 is 34.2 Å². The number of carbonyl (C=O) groups excluding carboxylic acids is 2. The summed E-state index contributed by atoms with van der Waals surface area (Å²) in [4.78, 5) is 25.5. The lowest BCUT2D eigenvalue weighted by Gasteiger charge is -2.19. The molecule has 0 atom stereocenters. The van der Waals surface area contributed by atoms with E-state index in [0.717, 1.165) is 22.0 Å². The van der Waals surface area contributed by atoms with Crippen LogP contribution in [0.3, 0.4) is 0 Å².